The van der Waals surface area contributed by atoms with Crippen LogP contribution in [0.2, 0.25) is 0 Å². The molecular formula is C27H33N5O6. The fraction of sp³-hybridized carbons (Fsp3) is 0.444. The van der Waals surface area contributed by atoms with Crippen molar-refractivity contribution in [2.24, 2.45) is 0 Å². The van der Waals surface area contributed by atoms with Gasteiger partial charge in [0.1, 0.15) is 24.2 Å². The lowest BCUT2D eigenvalue weighted by Gasteiger charge is -2.35. The minimum absolute atomic E-state index is 0.0448. The zero-order valence-corrected chi connectivity index (χ0v) is 21.6. The zero-order chi connectivity index (χ0) is 27.4. The Morgan fingerprint density at radius 3 is 2.66 bits per heavy atom. The van der Waals surface area contributed by atoms with E-state index in [0.717, 1.165) is 16.3 Å². The molecule has 1 aromatic heterocycles. The molecule has 38 heavy (non-hydrogen) atoms. The second-order valence-corrected chi connectivity index (χ2v) is 9.73. The summed E-state index contributed by atoms with van der Waals surface area (Å²) in [6.07, 6.45) is 4.31. The van der Waals surface area contributed by atoms with E-state index in [1.54, 1.807) is 25.3 Å². The van der Waals surface area contributed by atoms with E-state index in [1.165, 1.54) is 18.9 Å². The number of pyridine rings is 1. The van der Waals surface area contributed by atoms with Crippen LogP contribution in [0.1, 0.15) is 57.4 Å². The van der Waals surface area contributed by atoms with Crippen molar-refractivity contribution < 1.29 is 29.0 Å². The molecule has 2 aliphatic rings. The number of nitrogens with one attached hydrogen (secondary N) is 3. The molecule has 5 atom stereocenters. The van der Waals surface area contributed by atoms with E-state index in [4.69, 9.17) is 4.74 Å². The first-order valence-corrected chi connectivity index (χ1v) is 12.7. The number of hydrogen-bond donors (Lipinski definition) is 4. The average Bonchev–Trinajstić information content (AvgIpc) is 2.90. The molecule has 4 N–H and O–H groups in total. The molecule has 5 bridgehead atoms. The van der Waals surface area contributed by atoms with Crippen LogP contribution in [0, 0.1) is 0 Å². The fourth-order valence-electron chi connectivity index (χ4n) is 4.48. The maximum atomic E-state index is 13.0. The number of fused-ring (bicyclic) bond motifs is 4. The van der Waals surface area contributed by atoms with E-state index < -0.39 is 54.0 Å². The number of benzene rings is 1. The quantitative estimate of drug-likeness (QED) is 0.406. The molecule has 2 aliphatic heterocycles. The first-order valence-electron chi connectivity index (χ1n) is 12.7. The summed E-state index contributed by atoms with van der Waals surface area (Å²) in [5.74, 6) is -2.10. The van der Waals surface area contributed by atoms with Gasteiger partial charge in [0.25, 0.3) is 5.91 Å². The minimum atomic E-state index is -1.25. The van der Waals surface area contributed by atoms with Crippen molar-refractivity contribution in [1.82, 2.24) is 26.1 Å². The van der Waals surface area contributed by atoms with Crippen LogP contribution in [0.25, 0.3) is 16.8 Å². The monoisotopic (exact) mass is 523 g/mol. The smallest absolute Gasteiger partial charge is 0.325 e. The van der Waals surface area contributed by atoms with Crippen molar-refractivity contribution in [3.63, 3.8) is 0 Å². The summed E-state index contributed by atoms with van der Waals surface area (Å²) in [5.41, 5.74) is 4.36. The van der Waals surface area contributed by atoms with Crippen molar-refractivity contribution in [3.05, 3.63) is 47.8 Å². The molecule has 0 aliphatic carbocycles. The Morgan fingerprint density at radius 2 is 1.89 bits per heavy atom. The molecule has 3 heterocycles. The number of cyclic esters (lactones) is 1. The maximum Gasteiger partial charge on any atom is 0.325 e. The Bertz CT molecular complexity index is 1260. The number of carbonyl (C=O) groups excluding carboxylic acids is 4. The Labute approximate surface area is 220 Å². The molecule has 3 amide bonds. The minimum Gasteiger partial charge on any atom is -0.457 e. The van der Waals surface area contributed by atoms with E-state index >= 15 is 0 Å². The van der Waals surface area contributed by atoms with Gasteiger partial charge in [0, 0.05) is 24.5 Å². The second kappa shape index (κ2) is 11.7. The number of carbonyl (C=O) groups is 4. The van der Waals surface area contributed by atoms with Gasteiger partial charge in [-0.3, -0.25) is 29.2 Å². The van der Waals surface area contributed by atoms with Crippen LogP contribution >= 0.6 is 0 Å². The van der Waals surface area contributed by atoms with Crippen molar-refractivity contribution in [3.8, 4) is 0 Å². The molecule has 11 heteroatoms. The predicted octanol–water partition coefficient (Wildman–Crippen LogP) is 1.12. The molecular weight excluding hydrogens is 490 g/mol. The van der Waals surface area contributed by atoms with Gasteiger partial charge in [0.15, 0.2) is 0 Å². The summed E-state index contributed by atoms with van der Waals surface area (Å²) in [4.78, 5) is 55.7. The van der Waals surface area contributed by atoms with E-state index in [-0.39, 0.29) is 6.42 Å². The third kappa shape index (κ3) is 6.35. The van der Waals surface area contributed by atoms with Gasteiger partial charge in [-0.1, -0.05) is 18.2 Å². The highest BCUT2D eigenvalue weighted by Crippen LogP contribution is 2.24. The lowest BCUT2D eigenvalue weighted by molar-refractivity contribution is -0.157. The van der Waals surface area contributed by atoms with E-state index in [9.17, 15) is 24.3 Å². The summed E-state index contributed by atoms with van der Waals surface area (Å²) in [6.45, 7) is 5.02. The standard InChI is InChI=1S/C27H33N5O6/c1-15-26(36)32-11-5-7-22(31-32)27(37)38-17(3)18-9-10-19-14-28-21(13-20(19)12-18)6-4-8-23(34)30-24(16(2)33)25(35)29-15/h4,6,9-10,12-17,22,24,31,33H,5,7-8,11H2,1-3H3,(H,29,35)(H,30,34). The molecule has 11 nitrogen and oxygen atoms in total. The van der Waals surface area contributed by atoms with E-state index in [0.29, 0.717) is 25.1 Å². The SMILES string of the molecule is CC1NC(=O)C(C(C)O)NC(=O)CC=Cc2cc3cc(ccc3cn2)C(C)OC(=O)C2CCCN(N2)C1=O. The lowest BCUT2D eigenvalue weighted by atomic mass is 10.0. The van der Waals surface area contributed by atoms with Crippen molar-refractivity contribution in [2.75, 3.05) is 6.54 Å². The molecule has 0 saturated carbocycles. The average molecular weight is 524 g/mol. The van der Waals surface area contributed by atoms with Crippen LogP contribution in [-0.2, 0) is 23.9 Å². The van der Waals surface area contributed by atoms with Gasteiger partial charge in [-0.05, 0) is 62.8 Å². The zero-order valence-electron chi connectivity index (χ0n) is 21.6. The Kier molecular flexibility index (Phi) is 8.38. The summed E-state index contributed by atoms with van der Waals surface area (Å²) in [6, 6.07) is 4.62. The number of rotatable bonds is 1. The second-order valence-electron chi connectivity index (χ2n) is 9.73. The maximum absolute atomic E-state index is 13.0. The lowest BCUT2D eigenvalue weighted by Crippen LogP contribution is -2.61. The Hall–Kier alpha value is -3.83. The highest BCUT2D eigenvalue weighted by atomic mass is 16.5. The molecule has 2 aromatic rings. The number of aliphatic hydroxyl groups is 1. The third-order valence-corrected chi connectivity index (χ3v) is 6.67. The molecule has 202 valence electrons. The van der Waals surface area contributed by atoms with Crippen LogP contribution in [0.5, 0.6) is 0 Å². The highest BCUT2D eigenvalue weighted by molar-refractivity contribution is 5.93. The van der Waals surface area contributed by atoms with Crippen molar-refractivity contribution in [2.45, 2.75) is 70.4 Å². The number of amides is 3. The van der Waals surface area contributed by atoms with Gasteiger partial charge in [0.05, 0.1) is 11.8 Å². The Balaban J connectivity index is 1.64. The van der Waals surface area contributed by atoms with Crippen LogP contribution in [-0.4, -0.2) is 69.6 Å². The van der Waals surface area contributed by atoms with Gasteiger partial charge in [0.2, 0.25) is 11.8 Å². The van der Waals surface area contributed by atoms with Gasteiger partial charge in [-0.2, -0.15) is 0 Å². The van der Waals surface area contributed by atoms with E-state index in [2.05, 4.69) is 21.0 Å². The summed E-state index contributed by atoms with van der Waals surface area (Å²) in [7, 11) is 0. The normalized spacial score (nSPS) is 26.5. The van der Waals surface area contributed by atoms with Gasteiger partial charge >= 0.3 is 5.97 Å². The number of hydrogen-bond acceptors (Lipinski definition) is 8. The van der Waals surface area contributed by atoms with Crippen molar-refractivity contribution >= 4 is 40.5 Å². The number of aliphatic hydroxyl groups excluding tert-OH is 1. The summed E-state index contributed by atoms with van der Waals surface area (Å²) < 4.78 is 5.74. The van der Waals surface area contributed by atoms with Crippen LogP contribution in [0.4, 0.5) is 0 Å². The number of hydrazine groups is 1. The topological polar surface area (TPSA) is 150 Å². The molecule has 1 saturated heterocycles. The molecule has 0 spiro atoms. The number of nitrogens with zero attached hydrogens (tertiary/aromatic N) is 2. The largest absolute Gasteiger partial charge is 0.457 e. The fourth-order valence-corrected chi connectivity index (χ4v) is 4.48. The van der Waals surface area contributed by atoms with Crippen molar-refractivity contribution in [1.29, 1.82) is 0 Å². The predicted molar refractivity (Wildman–Crippen MR) is 139 cm³/mol. The molecule has 5 unspecified atom stereocenters. The number of ether oxygens (including phenoxy) is 1. The third-order valence-electron chi connectivity index (χ3n) is 6.67. The molecule has 1 fully saturated rings. The van der Waals surface area contributed by atoms with Gasteiger partial charge in [-0.25, -0.2) is 5.43 Å². The molecule has 0 radical (unpaired) electrons. The van der Waals surface area contributed by atoms with Crippen LogP contribution in [0.3, 0.4) is 0 Å². The summed E-state index contributed by atoms with van der Waals surface area (Å²) >= 11 is 0. The number of esters is 1. The first kappa shape index (κ1) is 27.2. The Morgan fingerprint density at radius 1 is 1.11 bits per heavy atom. The molecule has 4 rings (SSSR count). The highest BCUT2D eigenvalue weighted by Gasteiger charge is 2.34. The van der Waals surface area contributed by atoms with Crippen LogP contribution in [0.15, 0.2) is 36.5 Å². The van der Waals surface area contributed by atoms with Crippen LogP contribution < -0.4 is 16.1 Å². The van der Waals surface area contributed by atoms with E-state index in [1.807, 2.05) is 24.3 Å². The van der Waals surface area contributed by atoms with Gasteiger partial charge < -0.3 is 20.5 Å². The van der Waals surface area contributed by atoms with Gasteiger partial charge in [-0.15, -0.1) is 0 Å². The number of aromatic nitrogens is 1. The first-order chi connectivity index (χ1) is 18.1. The summed E-state index contributed by atoms with van der Waals surface area (Å²) in [5, 5.41) is 18.3. The molecule has 1 aromatic carbocycles.